The fraction of sp³-hybridized carbons (Fsp3) is 0.250. The molecular formula is C20H18N2O3. The molecular weight excluding hydrogens is 316 g/mol. The Kier molecular flexibility index (Phi) is 3.46. The number of amides is 1. The highest BCUT2D eigenvalue weighted by molar-refractivity contribution is 6.25. The first-order chi connectivity index (χ1) is 12.1. The van der Waals surface area contributed by atoms with Crippen LogP contribution >= 0.6 is 0 Å². The Labute approximate surface area is 145 Å². The first-order valence-electron chi connectivity index (χ1n) is 8.20. The van der Waals surface area contributed by atoms with Gasteiger partial charge in [0.15, 0.2) is 0 Å². The van der Waals surface area contributed by atoms with E-state index < -0.39 is 11.3 Å². The predicted molar refractivity (Wildman–Crippen MR) is 94.2 cm³/mol. The Morgan fingerprint density at radius 3 is 2.28 bits per heavy atom. The quantitative estimate of drug-likeness (QED) is 0.811. The van der Waals surface area contributed by atoms with Crippen LogP contribution in [-0.2, 0) is 14.3 Å². The molecule has 5 nitrogen and oxygen atoms in total. The molecule has 2 aromatic rings. The van der Waals surface area contributed by atoms with Crippen molar-refractivity contribution in [3.8, 4) is 0 Å². The van der Waals surface area contributed by atoms with E-state index in [0.29, 0.717) is 11.4 Å². The number of hydrazone groups is 1. The van der Waals surface area contributed by atoms with Crippen LogP contribution < -0.4 is 5.01 Å². The molecule has 1 aliphatic carbocycles. The highest BCUT2D eigenvalue weighted by atomic mass is 16.5. The number of rotatable bonds is 3. The molecule has 0 radical (unpaired) electrons. The lowest BCUT2D eigenvalue weighted by atomic mass is 9.93. The van der Waals surface area contributed by atoms with Crippen LogP contribution in [0, 0.1) is 11.3 Å². The molecule has 1 unspecified atom stereocenters. The van der Waals surface area contributed by atoms with Gasteiger partial charge in [0.1, 0.15) is 5.41 Å². The molecule has 1 saturated carbocycles. The predicted octanol–water partition coefficient (Wildman–Crippen LogP) is 2.98. The van der Waals surface area contributed by atoms with Crippen molar-refractivity contribution in [3.05, 3.63) is 66.2 Å². The SMILES string of the molecule is COC(=O)[C@@H]1[C@@H](c2ccccc2)C12C(=O)N(c1ccccc1)N=C2C. The second-order valence-electron chi connectivity index (χ2n) is 6.40. The Morgan fingerprint density at radius 2 is 1.68 bits per heavy atom. The molecule has 1 heterocycles. The zero-order valence-corrected chi connectivity index (χ0v) is 14.0. The van der Waals surface area contributed by atoms with Gasteiger partial charge in [-0.05, 0) is 24.6 Å². The van der Waals surface area contributed by atoms with Crippen LogP contribution in [0.25, 0.3) is 0 Å². The van der Waals surface area contributed by atoms with Crippen LogP contribution in [0.5, 0.6) is 0 Å². The number of carbonyl (C=O) groups excluding carboxylic acids is 2. The van der Waals surface area contributed by atoms with Gasteiger partial charge in [-0.25, -0.2) is 0 Å². The lowest BCUT2D eigenvalue weighted by Crippen LogP contribution is -2.32. The van der Waals surface area contributed by atoms with Crippen LogP contribution in [0.3, 0.4) is 0 Å². The maximum Gasteiger partial charge on any atom is 0.310 e. The summed E-state index contributed by atoms with van der Waals surface area (Å²) < 4.78 is 4.99. The lowest BCUT2D eigenvalue weighted by molar-refractivity contribution is -0.143. The fourth-order valence-corrected chi connectivity index (χ4v) is 4.02. The van der Waals surface area contributed by atoms with Gasteiger partial charge in [0, 0.05) is 5.92 Å². The molecule has 0 N–H and O–H groups in total. The van der Waals surface area contributed by atoms with E-state index in [9.17, 15) is 9.59 Å². The highest BCUT2D eigenvalue weighted by Gasteiger charge is 2.78. The number of methoxy groups -OCH3 is 1. The van der Waals surface area contributed by atoms with Gasteiger partial charge in [0.25, 0.3) is 5.91 Å². The van der Waals surface area contributed by atoms with Crippen molar-refractivity contribution < 1.29 is 14.3 Å². The van der Waals surface area contributed by atoms with Crippen molar-refractivity contribution in [2.45, 2.75) is 12.8 Å². The number of ether oxygens (including phenoxy) is 1. The molecule has 126 valence electrons. The average Bonchev–Trinajstić information content (AvgIpc) is 3.30. The van der Waals surface area contributed by atoms with Gasteiger partial charge in [-0.15, -0.1) is 0 Å². The number of carbonyl (C=O) groups is 2. The highest BCUT2D eigenvalue weighted by Crippen LogP contribution is 2.68. The minimum atomic E-state index is -0.940. The molecule has 2 aromatic carbocycles. The van der Waals surface area contributed by atoms with Gasteiger partial charge in [-0.3, -0.25) is 9.59 Å². The third-order valence-corrected chi connectivity index (χ3v) is 5.21. The number of para-hydroxylation sites is 1. The van der Waals surface area contributed by atoms with Crippen LogP contribution in [0.15, 0.2) is 65.8 Å². The van der Waals surface area contributed by atoms with Crippen molar-refractivity contribution in [3.63, 3.8) is 0 Å². The lowest BCUT2D eigenvalue weighted by Gasteiger charge is -2.14. The Hall–Kier alpha value is -2.95. The molecule has 1 spiro atoms. The second kappa shape index (κ2) is 5.55. The number of esters is 1. The average molecular weight is 334 g/mol. The summed E-state index contributed by atoms with van der Waals surface area (Å²) in [6.07, 6.45) is 0. The van der Waals surface area contributed by atoms with Crippen LogP contribution in [-0.4, -0.2) is 24.7 Å². The number of hydrogen-bond donors (Lipinski definition) is 0. The van der Waals surface area contributed by atoms with Gasteiger partial charge in [-0.2, -0.15) is 10.1 Å². The minimum Gasteiger partial charge on any atom is -0.469 e. The van der Waals surface area contributed by atoms with Gasteiger partial charge in [-0.1, -0.05) is 48.5 Å². The normalized spacial score (nSPS) is 27.4. The van der Waals surface area contributed by atoms with Crippen molar-refractivity contribution >= 4 is 23.3 Å². The first kappa shape index (κ1) is 15.6. The minimum absolute atomic E-state index is 0.166. The van der Waals surface area contributed by atoms with Crippen molar-refractivity contribution in [1.29, 1.82) is 0 Å². The topological polar surface area (TPSA) is 59.0 Å². The van der Waals surface area contributed by atoms with Crippen molar-refractivity contribution in [2.24, 2.45) is 16.4 Å². The Bertz CT molecular complexity index is 863. The van der Waals surface area contributed by atoms with E-state index in [1.807, 2.05) is 67.6 Å². The van der Waals surface area contributed by atoms with Gasteiger partial charge in [0.05, 0.1) is 24.4 Å². The maximum atomic E-state index is 13.3. The summed E-state index contributed by atoms with van der Waals surface area (Å²) in [7, 11) is 1.36. The van der Waals surface area contributed by atoms with E-state index in [-0.39, 0.29) is 17.8 Å². The van der Waals surface area contributed by atoms with Crippen molar-refractivity contribution in [2.75, 3.05) is 12.1 Å². The number of nitrogens with zero attached hydrogens (tertiary/aromatic N) is 2. The molecule has 2 aliphatic rings. The summed E-state index contributed by atoms with van der Waals surface area (Å²) >= 11 is 0. The maximum absolute atomic E-state index is 13.3. The van der Waals surface area contributed by atoms with E-state index in [4.69, 9.17) is 4.74 Å². The number of hydrogen-bond acceptors (Lipinski definition) is 4. The second-order valence-corrected chi connectivity index (χ2v) is 6.40. The van der Waals surface area contributed by atoms with E-state index >= 15 is 0 Å². The monoisotopic (exact) mass is 334 g/mol. The summed E-state index contributed by atoms with van der Waals surface area (Å²) in [4.78, 5) is 25.7. The standard InChI is InChI=1S/C20H18N2O3/c1-13-20(19(24)22(21-13)15-11-7-4-8-12-15)16(17(20)18(23)25-2)14-9-5-3-6-10-14/h3-12,16-17H,1-2H3/t16-,17+,20?/m1/s1. The zero-order chi connectivity index (χ0) is 17.6. The summed E-state index contributed by atoms with van der Waals surface area (Å²) in [5.74, 6) is -1.32. The third kappa shape index (κ3) is 2.05. The smallest absolute Gasteiger partial charge is 0.310 e. The summed E-state index contributed by atoms with van der Waals surface area (Å²) in [5, 5.41) is 5.90. The van der Waals surface area contributed by atoms with Crippen LogP contribution in [0.2, 0.25) is 0 Å². The fourth-order valence-electron chi connectivity index (χ4n) is 4.02. The number of anilines is 1. The van der Waals surface area contributed by atoms with Crippen LogP contribution in [0.4, 0.5) is 5.69 Å². The molecule has 1 aliphatic heterocycles. The summed E-state index contributed by atoms with van der Waals surface area (Å²) in [5.41, 5.74) is 1.37. The van der Waals surface area contributed by atoms with Crippen LogP contribution in [0.1, 0.15) is 18.4 Å². The molecule has 0 bridgehead atoms. The van der Waals surface area contributed by atoms with E-state index in [1.54, 1.807) is 0 Å². The molecule has 0 saturated heterocycles. The van der Waals surface area contributed by atoms with E-state index in [1.165, 1.54) is 12.1 Å². The largest absolute Gasteiger partial charge is 0.469 e. The van der Waals surface area contributed by atoms with Gasteiger partial charge < -0.3 is 4.74 Å². The van der Waals surface area contributed by atoms with Crippen molar-refractivity contribution in [1.82, 2.24) is 0 Å². The third-order valence-electron chi connectivity index (χ3n) is 5.21. The Morgan fingerprint density at radius 1 is 1.08 bits per heavy atom. The van der Waals surface area contributed by atoms with E-state index in [0.717, 1.165) is 5.56 Å². The summed E-state index contributed by atoms with van der Waals surface area (Å²) in [6, 6.07) is 18.9. The Balaban J connectivity index is 1.79. The molecule has 25 heavy (non-hydrogen) atoms. The molecule has 5 heteroatoms. The summed E-state index contributed by atoms with van der Waals surface area (Å²) in [6.45, 7) is 1.82. The van der Waals surface area contributed by atoms with E-state index in [2.05, 4.69) is 5.10 Å². The molecule has 1 amide bonds. The zero-order valence-electron chi connectivity index (χ0n) is 14.0. The number of benzene rings is 2. The van der Waals surface area contributed by atoms with Gasteiger partial charge in [0.2, 0.25) is 0 Å². The molecule has 4 rings (SSSR count). The van der Waals surface area contributed by atoms with Gasteiger partial charge >= 0.3 is 5.97 Å². The molecule has 1 fully saturated rings. The first-order valence-corrected chi connectivity index (χ1v) is 8.20. The molecule has 3 atom stereocenters. The molecule has 0 aromatic heterocycles.